The summed E-state index contributed by atoms with van der Waals surface area (Å²) in [5.74, 6) is 2.41. The van der Waals surface area contributed by atoms with Gasteiger partial charge in [0.25, 0.3) is 0 Å². The SMILES string of the molecule is CC(C)C1=C2C(=C(C(C)C)C1=O)c1ccc(Br)c3cccc2c13.CC(C)c1ccc2c3ccc(B4OC(C)(C)C(C)(C)O4)c4cccc(c5cccc1c52)c43.Cc1c(C(C)C)ccc2cc(C(C)C)ccc12. The molecule has 0 spiro atoms. The van der Waals surface area contributed by atoms with E-state index in [0.717, 1.165) is 21.1 Å². The Morgan fingerprint density at radius 2 is 0.944 bits per heavy atom. The van der Waals surface area contributed by atoms with Crippen molar-refractivity contribution in [2.75, 3.05) is 0 Å². The second-order valence-electron chi connectivity index (χ2n) is 23.2. The van der Waals surface area contributed by atoms with Crippen LogP contribution in [-0.2, 0) is 14.1 Å². The summed E-state index contributed by atoms with van der Waals surface area (Å²) in [6, 6.07) is 44.6. The summed E-state index contributed by atoms with van der Waals surface area (Å²) >= 11 is 3.67. The molecular weight excluding hydrogens is 943 g/mol. The molecule has 3 aliphatic rings. The summed E-state index contributed by atoms with van der Waals surface area (Å²) < 4.78 is 14.0. The summed E-state index contributed by atoms with van der Waals surface area (Å²) in [7, 11) is -0.371. The van der Waals surface area contributed by atoms with Crippen molar-refractivity contribution < 1.29 is 14.1 Å². The highest BCUT2D eigenvalue weighted by Gasteiger charge is 2.52. The van der Waals surface area contributed by atoms with Gasteiger partial charge in [-0.15, -0.1) is 0 Å². The average Bonchev–Trinajstić information content (AvgIpc) is 3.90. The average molecular weight is 1010 g/mol. The van der Waals surface area contributed by atoms with E-state index in [1.165, 1.54) is 109 Å². The zero-order valence-corrected chi connectivity index (χ0v) is 46.7. The third kappa shape index (κ3) is 7.96. The molecule has 1 saturated heterocycles. The zero-order chi connectivity index (χ0) is 51.5. The van der Waals surface area contributed by atoms with Crippen LogP contribution in [0.3, 0.4) is 0 Å². The first-order valence-electron chi connectivity index (χ1n) is 26.4. The highest BCUT2D eigenvalue weighted by molar-refractivity contribution is 9.10. The maximum Gasteiger partial charge on any atom is 0.495 e. The van der Waals surface area contributed by atoms with Gasteiger partial charge in [0.2, 0.25) is 0 Å². The molecule has 0 N–H and O–H groups in total. The van der Waals surface area contributed by atoms with Crippen LogP contribution in [0.25, 0.3) is 75.8 Å². The zero-order valence-electron chi connectivity index (χ0n) is 45.1. The summed E-state index contributed by atoms with van der Waals surface area (Å²) in [6.07, 6.45) is 0. The van der Waals surface area contributed by atoms with Gasteiger partial charge in [0, 0.05) is 15.6 Å². The van der Waals surface area contributed by atoms with Crippen LogP contribution in [-0.4, -0.2) is 24.1 Å². The third-order valence-corrected chi connectivity index (χ3v) is 17.2. The van der Waals surface area contributed by atoms with E-state index in [4.69, 9.17) is 9.31 Å². The molecule has 0 aromatic heterocycles. The number of fused-ring (bicyclic) bond motifs is 6. The second kappa shape index (κ2) is 18.4. The van der Waals surface area contributed by atoms with Gasteiger partial charge in [-0.1, -0.05) is 200 Å². The Balaban J connectivity index is 0.000000131. The van der Waals surface area contributed by atoms with Gasteiger partial charge in [-0.05, 0) is 185 Å². The van der Waals surface area contributed by atoms with Crippen LogP contribution in [0.2, 0.25) is 0 Å². The van der Waals surface area contributed by atoms with Crippen LogP contribution in [0.15, 0.2) is 137 Å². The minimum absolute atomic E-state index is 0.233. The molecule has 1 fully saturated rings. The van der Waals surface area contributed by atoms with E-state index in [9.17, 15) is 4.79 Å². The van der Waals surface area contributed by atoms with Gasteiger partial charge in [0.1, 0.15) is 0 Å². The monoisotopic (exact) mass is 1010 g/mol. The van der Waals surface area contributed by atoms with Gasteiger partial charge in [0.15, 0.2) is 5.78 Å². The molecule has 12 rings (SSSR count). The smallest absolute Gasteiger partial charge is 0.399 e. The lowest BCUT2D eigenvalue weighted by atomic mass is 9.74. The van der Waals surface area contributed by atoms with Crippen LogP contribution in [0.1, 0.15) is 148 Å². The third-order valence-electron chi connectivity index (χ3n) is 16.5. The van der Waals surface area contributed by atoms with E-state index in [2.05, 4.69) is 241 Å². The Bertz CT molecular complexity index is 3650. The first-order chi connectivity index (χ1) is 34.1. The molecule has 3 nitrogen and oxygen atoms in total. The van der Waals surface area contributed by atoms with E-state index >= 15 is 0 Å². The minimum Gasteiger partial charge on any atom is -0.399 e. The maximum atomic E-state index is 13.1. The van der Waals surface area contributed by atoms with Gasteiger partial charge in [-0.2, -0.15) is 0 Å². The standard InChI is InChI=1S/C29H29BO2.C21H19BrO.C17H22/c1-17(2)18-13-14-22-23-15-16-25(30-31-28(3,4)29(5,6)32-30)24-12-8-11-21(27(23)24)20-10-7-9-19(18)26(20)22;1-10(2)16-19-13-7-5-6-12-15(22)9-8-14(18(12)13)20(19)17(11(3)4)21(16)23;1-11(2)14-6-9-17-13(5)16(12(3)4)8-7-15(17)10-14/h7-17H,1-6H3;5-11H,1-4H3;6-12H,1-5H3. The largest absolute Gasteiger partial charge is 0.495 e. The molecule has 0 amide bonds. The summed E-state index contributed by atoms with van der Waals surface area (Å²) in [5.41, 5.74) is 12.9. The van der Waals surface area contributed by atoms with Crippen molar-refractivity contribution in [3.05, 3.63) is 170 Å². The van der Waals surface area contributed by atoms with Crippen LogP contribution >= 0.6 is 15.9 Å². The Kier molecular flexibility index (Phi) is 12.8. The topological polar surface area (TPSA) is 35.5 Å². The van der Waals surface area contributed by atoms with Crippen LogP contribution in [0, 0.1) is 18.8 Å². The number of aryl methyl sites for hydroxylation is 1. The molecule has 5 heteroatoms. The van der Waals surface area contributed by atoms with E-state index in [0.29, 0.717) is 17.8 Å². The molecular formula is C67H70BBrO3. The second-order valence-corrected chi connectivity index (χ2v) is 24.1. The molecule has 2 aliphatic carbocycles. The van der Waals surface area contributed by atoms with E-state index in [1.807, 2.05) is 0 Å². The molecule has 72 heavy (non-hydrogen) atoms. The van der Waals surface area contributed by atoms with Crippen molar-refractivity contribution in [1.82, 2.24) is 0 Å². The van der Waals surface area contributed by atoms with E-state index in [1.54, 1.807) is 0 Å². The molecule has 0 bridgehead atoms. The number of hydrogen-bond acceptors (Lipinski definition) is 3. The van der Waals surface area contributed by atoms with Crippen molar-refractivity contribution in [3.8, 4) is 0 Å². The quantitative estimate of drug-likeness (QED) is 0.0946. The number of carbonyl (C=O) groups excluding carboxylic acids is 1. The van der Waals surface area contributed by atoms with Crippen molar-refractivity contribution >= 4 is 110 Å². The van der Waals surface area contributed by atoms with Gasteiger partial charge in [-0.3, -0.25) is 4.79 Å². The number of hydrogen-bond donors (Lipinski definition) is 0. The van der Waals surface area contributed by atoms with Crippen molar-refractivity contribution in [1.29, 1.82) is 0 Å². The maximum absolute atomic E-state index is 13.1. The Labute approximate surface area is 436 Å². The Morgan fingerprint density at radius 3 is 1.53 bits per heavy atom. The molecule has 1 heterocycles. The van der Waals surface area contributed by atoms with Crippen LogP contribution < -0.4 is 5.46 Å². The summed E-state index contributed by atoms with van der Waals surface area (Å²) in [6.45, 7) is 32.8. The number of carbonyl (C=O) groups is 1. The normalized spacial score (nSPS) is 16.1. The summed E-state index contributed by atoms with van der Waals surface area (Å²) in [5, 5.41) is 15.8. The minimum atomic E-state index is -0.371. The predicted octanol–water partition coefficient (Wildman–Crippen LogP) is 18.6. The number of ketones is 1. The van der Waals surface area contributed by atoms with E-state index < -0.39 is 0 Å². The van der Waals surface area contributed by atoms with Crippen LogP contribution in [0.5, 0.6) is 0 Å². The Hall–Kier alpha value is -5.59. The van der Waals surface area contributed by atoms with Gasteiger partial charge < -0.3 is 9.31 Å². The lowest BCUT2D eigenvalue weighted by Crippen LogP contribution is -2.41. The number of rotatable bonds is 6. The lowest BCUT2D eigenvalue weighted by molar-refractivity contribution is -0.112. The fourth-order valence-electron chi connectivity index (χ4n) is 12.0. The number of Topliss-reactive ketones (excluding diaryl/α,β-unsaturated/α-hetero) is 1. The Morgan fingerprint density at radius 1 is 0.458 bits per heavy atom. The molecule has 0 radical (unpaired) electrons. The van der Waals surface area contributed by atoms with Crippen LogP contribution in [0.4, 0.5) is 0 Å². The first kappa shape index (κ1) is 50.0. The molecule has 0 atom stereocenters. The van der Waals surface area contributed by atoms with Crippen molar-refractivity contribution in [3.63, 3.8) is 0 Å². The molecule has 9 aromatic carbocycles. The predicted molar refractivity (Wildman–Crippen MR) is 314 cm³/mol. The molecule has 9 aromatic rings. The van der Waals surface area contributed by atoms with Gasteiger partial charge >= 0.3 is 7.12 Å². The molecule has 0 saturated carbocycles. The molecule has 0 unspecified atom stereocenters. The number of halogens is 1. The van der Waals surface area contributed by atoms with Gasteiger partial charge in [-0.25, -0.2) is 0 Å². The lowest BCUT2D eigenvalue weighted by Gasteiger charge is -2.32. The fraction of sp³-hybridized carbons (Fsp3) is 0.328. The highest BCUT2D eigenvalue weighted by atomic mass is 79.9. The van der Waals surface area contributed by atoms with Crippen molar-refractivity contribution in [2.24, 2.45) is 11.8 Å². The van der Waals surface area contributed by atoms with Gasteiger partial charge in [0.05, 0.1) is 11.2 Å². The first-order valence-corrected chi connectivity index (χ1v) is 27.2. The molecule has 1 aliphatic heterocycles. The van der Waals surface area contributed by atoms with E-state index in [-0.39, 0.29) is 35.9 Å². The summed E-state index contributed by atoms with van der Waals surface area (Å²) in [4.78, 5) is 13.1. The molecule has 366 valence electrons. The van der Waals surface area contributed by atoms with Crippen molar-refractivity contribution in [2.45, 2.75) is 133 Å². The number of allylic oxidation sites excluding steroid dienone is 4. The highest BCUT2D eigenvalue weighted by Crippen LogP contribution is 2.55. The number of benzene rings is 9. The fourth-order valence-corrected chi connectivity index (χ4v) is 12.5.